The Labute approximate surface area is 141 Å². The number of nitrogens with zero attached hydrogens (tertiary/aromatic N) is 1. The van der Waals surface area contributed by atoms with Crippen LogP contribution in [0.2, 0.25) is 0 Å². The van der Waals surface area contributed by atoms with E-state index in [0.717, 1.165) is 18.2 Å². The largest absolute Gasteiger partial charge is 0.378 e. The molecule has 24 heavy (non-hydrogen) atoms. The molecular formula is C14H21FN2O5S2. The summed E-state index contributed by atoms with van der Waals surface area (Å²) in [5.74, 6) is -0.882. The molecule has 1 N–H and O–H groups in total. The van der Waals surface area contributed by atoms with Gasteiger partial charge >= 0.3 is 0 Å². The van der Waals surface area contributed by atoms with Crippen LogP contribution in [0.3, 0.4) is 0 Å². The third kappa shape index (κ3) is 4.51. The first-order valence-corrected chi connectivity index (χ1v) is 10.6. The molecule has 1 aromatic rings. The Morgan fingerprint density at radius 2 is 2.04 bits per heavy atom. The fraction of sp³-hybridized carbons (Fsp3) is 0.571. The molecule has 136 valence electrons. The van der Waals surface area contributed by atoms with Crippen molar-refractivity contribution in [1.82, 2.24) is 9.03 Å². The number of morpholine rings is 1. The lowest BCUT2D eigenvalue weighted by atomic mass is 10.2. The first-order chi connectivity index (χ1) is 11.1. The summed E-state index contributed by atoms with van der Waals surface area (Å²) in [4.78, 5) is -0.0685. The number of sulfonamides is 2. The molecule has 1 atom stereocenters. The van der Waals surface area contributed by atoms with E-state index in [1.807, 2.05) is 0 Å². The summed E-state index contributed by atoms with van der Waals surface area (Å²) in [6.07, 6.45) is 0. The molecule has 1 heterocycles. The van der Waals surface area contributed by atoms with Crippen LogP contribution in [0.1, 0.15) is 12.5 Å². The SMILES string of the molecule is Cc1cc(F)ccc1S(=O)(=O)NCCS(=O)(=O)N1CCOCC1C. The van der Waals surface area contributed by atoms with Crippen LogP contribution >= 0.6 is 0 Å². The van der Waals surface area contributed by atoms with Crippen LogP contribution in [-0.4, -0.2) is 59.2 Å². The number of ether oxygens (including phenoxy) is 1. The molecule has 1 aromatic carbocycles. The predicted octanol–water partition coefficient (Wildman–Crippen LogP) is 0.463. The van der Waals surface area contributed by atoms with Gasteiger partial charge in [-0.15, -0.1) is 0 Å². The second kappa shape index (κ2) is 7.44. The van der Waals surface area contributed by atoms with Gasteiger partial charge in [-0.05, 0) is 37.6 Å². The highest BCUT2D eigenvalue weighted by molar-refractivity contribution is 7.90. The Bertz CT molecular complexity index is 795. The van der Waals surface area contributed by atoms with E-state index < -0.39 is 25.9 Å². The standard InChI is InChI=1S/C14H21FN2O5S2/c1-11-9-13(15)3-4-14(11)24(20,21)16-5-8-23(18,19)17-6-7-22-10-12(17)2/h3-4,9,12,16H,5-8,10H2,1-2H3. The summed E-state index contributed by atoms with van der Waals surface area (Å²) in [6.45, 7) is 3.86. The first kappa shape index (κ1) is 19.3. The van der Waals surface area contributed by atoms with Gasteiger partial charge in [-0.3, -0.25) is 0 Å². The maximum atomic E-state index is 13.1. The van der Waals surface area contributed by atoms with Crippen LogP contribution in [0.5, 0.6) is 0 Å². The molecule has 0 radical (unpaired) electrons. The van der Waals surface area contributed by atoms with Crippen molar-refractivity contribution >= 4 is 20.0 Å². The zero-order valence-electron chi connectivity index (χ0n) is 13.5. The Balaban J connectivity index is 2.02. The van der Waals surface area contributed by atoms with Crippen LogP contribution < -0.4 is 4.72 Å². The molecule has 0 spiro atoms. The zero-order valence-corrected chi connectivity index (χ0v) is 15.2. The molecule has 1 aliphatic heterocycles. The van der Waals surface area contributed by atoms with E-state index in [1.54, 1.807) is 6.92 Å². The van der Waals surface area contributed by atoms with E-state index in [-0.39, 0.29) is 35.3 Å². The Morgan fingerprint density at radius 1 is 1.33 bits per heavy atom. The van der Waals surface area contributed by atoms with Crippen LogP contribution in [0.15, 0.2) is 23.1 Å². The minimum absolute atomic E-state index is 0.0685. The topological polar surface area (TPSA) is 92.8 Å². The number of halogens is 1. The zero-order chi connectivity index (χ0) is 18.0. The van der Waals surface area contributed by atoms with Crippen LogP contribution in [0.4, 0.5) is 4.39 Å². The highest BCUT2D eigenvalue weighted by atomic mass is 32.2. The predicted molar refractivity (Wildman–Crippen MR) is 87.1 cm³/mol. The smallest absolute Gasteiger partial charge is 0.240 e. The van der Waals surface area contributed by atoms with Gasteiger partial charge in [0.2, 0.25) is 20.0 Å². The molecule has 1 fully saturated rings. The lowest BCUT2D eigenvalue weighted by molar-refractivity contribution is 0.0393. The van der Waals surface area contributed by atoms with Crippen molar-refractivity contribution in [3.63, 3.8) is 0 Å². The number of nitrogens with one attached hydrogen (secondary N) is 1. The van der Waals surface area contributed by atoms with Crippen molar-refractivity contribution in [1.29, 1.82) is 0 Å². The molecule has 7 nitrogen and oxygen atoms in total. The number of rotatable bonds is 6. The molecule has 0 amide bonds. The summed E-state index contributed by atoms with van der Waals surface area (Å²) >= 11 is 0. The average Bonchev–Trinajstić information content (AvgIpc) is 2.46. The quantitative estimate of drug-likeness (QED) is 0.774. The lowest BCUT2D eigenvalue weighted by Crippen LogP contribution is -2.49. The van der Waals surface area contributed by atoms with Crippen molar-refractivity contribution < 1.29 is 26.0 Å². The monoisotopic (exact) mass is 380 g/mol. The van der Waals surface area contributed by atoms with E-state index in [4.69, 9.17) is 4.74 Å². The number of hydrogen-bond acceptors (Lipinski definition) is 5. The number of benzene rings is 1. The molecule has 10 heteroatoms. The normalized spacial score (nSPS) is 20.2. The molecular weight excluding hydrogens is 359 g/mol. The molecule has 0 bridgehead atoms. The summed E-state index contributed by atoms with van der Waals surface area (Å²) in [5.41, 5.74) is 0.257. The van der Waals surface area contributed by atoms with Crippen LogP contribution in [0.25, 0.3) is 0 Å². The highest BCUT2D eigenvalue weighted by Gasteiger charge is 2.30. The van der Waals surface area contributed by atoms with E-state index in [9.17, 15) is 21.2 Å². The van der Waals surface area contributed by atoms with Crippen LogP contribution in [0, 0.1) is 12.7 Å². The molecule has 2 rings (SSSR count). The van der Waals surface area contributed by atoms with Crippen LogP contribution in [-0.2, 0) is 24.8 Å². The van der Waals surface area contributed by atoms with Gasteiger partial charge in [0.1, 0.15) is 5.82 Å². The van der Waals surface area contributed by atoms with Crippen molar-refractivity contribution in [3.8, 4) is 0 Å². The van der Waals surface area contributed by atoms with Gasteiger partial charge in [-0.2, -0.15) is 4.31 Å². The van der Waals surface area contributed by atoms with E-state index >= 15 is 0 Å². The third-order valence-corrected chi connectivity index (χ3v) is 7.34. The number of hydrogen-bond donors (Lipinski definition) is 1. The van der Waals surface area contributed by atoms with Crippen molar-refractivity contribution in [2.45, 2.75) is 24.8 Å². The minimum atomic E-state index is -3.90. The van der Waals surface area contributed by atoms with Crippen molar-refractivity contribution in [2.24, 2.45) is 0 Å². The van der Waals surface area contributed by atoms with Gasteiger partial charge in [0.25, 0.3) is 0 Å². The average molecular weight is 380 g/mol. The lowest BCUT2D eigenvalue weighted by Gasteiger charge is -2.32. The highest BCUT2D eigenvalue weighted by Crippen LogP contribution is 2.16. The molecule has 1 unspecified atom stereocenters. The maximum absolute atomic E-state index is 13.1. The van der Waals surface area contributed by atoms with Gasteiger partial charge < -0.3 is 4.74 Å². The Hall–Kier alpha value is -1.07. The van der Waals surface area contributed by atoms with Gasteiger partial charge in [-0.25, -0.2) is 25.9 Å². The van der Waals surface area contributed by atoms with Crippen molar-refractivity contribution in [2.75, 3.05) is 32.1 Å². The molecule has 1 aliphatic rings. The summed E-state index contributed by atoms with van der Waals surface area (Å²) in [7, 11) is -7.49. The second-order valence-corrected chi connectivity index (χ2v) is 9.43. The van der Waals surface area contributed by atoms with E-state index in [0.29, 0.717) is 13.2 Å². The van der Waals surface area contributed by atoms with Gasteiger partial charge in [0.05, 0.1) is 23.9 Å². The molecule has 0 aromatic heterocycles. The third-order valence-electron chi connectivity index (χ3n) is 3.74. The fourth-order valence-electron chi connectivity index (χ4n) is 2.54. The number of aryl methyl sites for hydroxylation is 1. The molecule has 1 saturated heterocycles. The van der Waals surface area contributed by atoms with Gasteiger partial charge in [0, 0.05) is 19.1 Å². The van der Waals surface area contributed by atoms with E-state index in [1.165, 1.54) is 11.2 Å². The molecule has 0 aliphatic carbocycles. The summed E-state index contributed by atoms with van der Waals surface area (Å²) < 4.78 is 70.9. The molecule has 0 saturated carbocycles. The fourth-order valence-corrected chi connectivity index (χ4v) is 5.48. The summed E-state index contributed by atoms with van der Waals surface area (Å²) in [6, 6.07) is 3.04. The minimum Gasteiger partial charge on any atom is -0.378 e. The maximum Gasteiger partial charge on any atom is 0.240 e. The van der Waals surface area contributed by atoms with E-state index in [2.05, 4.69) is 4.72 Å². The van der Waals surface area contributed by atoms with Crippen molar-refractivity contribution in [3.05, 3.63) is 29.6 Å². The Kier molecular flexibility index (Phi) is 5.97. The Morgan fingerprint density at radius 3 is 2.67 bits per heavy atom. The summed E-state index contributed by atoms with van der Waals surface area (Å²) in [5, 5.41) is 0. The first-order valence-electron chi connectivity index (χ1n) is 7.46. The van der Waals surface area contributed by atoms with Gasteiger partial charge in [-0.1, -0.05) is 0 Å². The second-order valence-electron chi connectivity index (χ2n) is 5.66. The van der Waals surface area contributed by atoms with Gasteiger partial charge in [0.15, 0.2) is 0 Å².